The van der Waals surface area contributed by atoms with E-state index in [1.54, 1.807) is 18.6 Å². The van der Waals surface area contributed by atoms with Crippen LogP contribution in [0.1, 0.15) is 5.56 Å². The molecule has 0 unspecified atom stereocenters. The topological polar surface area (TPSA) is 70.7 Å². The number of hydrogen-bond acceptors (Lipinski definition) is 4. The first-order valence-corrected chi connectivity index (χ1v) is 4.52. The number of aromatic amines is 1. The lowest BCUT2D eigenvalue weighted by Crippen LogP contribution is -2.10. The van der Waals surface area contributed by atoms with Crippen molar-refractivity contribution >= 4 is 5.69 Å². The van der Waals surface area contributed by atoms with Crippen molar-refractivity contribution in [1.82, 2.24) is 15.0 Å². The summed E-state index contributed by atoms with van der Waals surface area (Å²) in [5.74, 6) is 0. The van der Waals surface area contributed by atoms with Crippen LogP contribution in [0.4, 0.5) is 5.69 Å². The van der Waals surface area contributed by atoms with Gasteiger partial charge >= 0.3 is 5.69 Å². The van der Waals surface area contributed by atoms with Gasteiger partial charge in [0.1, 0.15) is 0 Å². The molecule has 0 saturated carbocycles. The van der Waals surface area contributed by atoms with Crippen LogP contribution in [0.3, 0.4) is 0 Å². The van der Waals surface area contributed by atoms with Crippen molar-refractivity contribution in [2.24, 2.45) is 0 Å². The quantitative estimate of drug-likeness (QED) is 0.771. The van der Waals surface area contributed by atoms with E-state index in [2.05, 4.69) is 20.3 Å². The molecule has 2 rings (SSSR count). The number of rotatable bonds is 3. The highest BCUT2D eigenvalue weighted by molar-refractivity contribution is 5.37. The van der Waals surface area contributed by atoms with Crippen LogP contribution >= 0.6 is 0 Å². The first-order chi connectivity index (χ1) is 7.34. The zero-order valence-corrected chi connectivity index (χ0v) is 7.97. The SMILES string of the molecule is O=c1ncc(NCc2cccnc2)c[nH]1. The van der Waals surface area contributed by atoms with Crippen LogP contribution in [0, 0.1) is 0 Å². The van der Waals surface area contributed by atoms with Gasteiger partial charge in [-0.15, -0.1) is 0 Å². The summed E-state index contributed by atoms with van der Waals surface area (Å²) in [6.07, 6.45) is 6.60. The van der Waals surface area contributed by atoms with Crippen molar-refractivity contribution in [3.05, 3.63) is 53.0 Å². The molecule has 2 N–H and O–H groups in total. The maximum atomic E-state index is 10.7. The summed E-state index contributed by atoms with van der Waals surface area (Å²) in [5, 5.41) is 3.12. The Balaban J connectivity index is 1.99. The van der Waals surface area contributed by atoms with E-state index in [9.17, 15) is 4.79 Å². The Hall–Kier alpha value is -2.17. The van der Waals surface area contributed by atoms with Gasteiger partial charge in [-0.05, 0) is 11.6 Å². The summed E-state index contributed by atoms with van der Waals surface area (Å²) in [5.41, 5.74) is 1.50. The van der Waals surface area contributed by atoms with Crippen molar-refractivity contribution in [2.45, 2.75) is 6.54 Å². The molecule has 5 nitrogen and oxygen atoms in total. The molecule has 0 atom stereocenters. The van der Waals surface area contributed by atoms with Gasteiger partial charge < -0.3 is 10.3 Å². The van der Waals surface area contributed by atoms with E-state index in [-0.39, 0.29) is 5.69 Å². The highest BCUT2D eigenvalue weighted by atomic mass is 16.1. The predicted octanol–water partition coefficient (Wildman–Crippen LogP) is 0.777. The van der Waals surface area contributed by atoms with E-state index < -0.39 is 0 Å². The molecule has 0 aromatic carbocycles. The van der Waals surface area contributed by atoms with E-state index >= 15 is 0 Å². The lowest BCUT2D eigenvalue weighted by molar-refractivity contribution is 1.04. The first kappa shape index (κ1) is 9.39. The first-order valence-electron chi connectivity index (χ1n) is 4.52. The van der Waals surface area contributed by atoms with Gasteiger partial charge in [0, 0.05) is 25.1 Å². The van der Waals surface area contributed by atoms with Crippen LogP contribution < -0.4 is 11.0 Å². The highest BCUT2D eigenvalue weighted by Crippen LogP contribution is 2.03. The minimum absolute atomic E-state index is 0.345. The van der Waals surface area contributed by atoms with E-state index in [4.69, 9.17) is 0 Å². The molecule has 2 heterocycles. The molecule has 0 saturated heterocycles. The molecule has 0 fully saturated rings. The van der Waals surface area contributed by atoms with E-state index in [0.29, 0.717) is 6.54 Å². The largest absolute Gasteiger partial charge is 0.378 e. The normalized spacial score (nSPS) is 9.87. The number of anilines is 1. The Kier molecular flexibility index (Phi) is 2.73. The third-order valence-electron chi connectivity index (χ3n) is 1.89. The number of nitrogens with one attached hydrogen (secondary N) is 2. The summed E-state index contributed by atoms with van der Waals surface area (Å²) in [7, 11) is 0. The van der Waals surface area contributed by atoms with Crippen LogP contribution in [0.15, 0.2) is 41.7 Å². The Morgan fingerprint density at radius 3 is 3.00 bits per heavy atom. The summed E-state index contributed by atoms with van der Waals surface area (Å²) in [6.45, 7) is 0.654. The molecular formula is C10H10N4O. The third-order valence-corrected chi connectivity index (χ3v) is 1.89. The van der Waals surface area contributed by atoms with Gasteiger partial charge in [0.05, 0.1) is 11.9 Å². The van der Waals surface area contributed by atoms with Crippen LogP contribution in [-0.4, -0.2) is 15.0 Å². The van der Waals surface area contributed by atoms with Gasteiger partial charge in [-0.3, -0.25) is 4.98 Å². The molecule has 5 heteroatoms. The summed E-state index contributed by atoms with van der Waals surface area (Å²) < 4.78 is 0. The summed E-state index contributed by atoms with van der Waals surface area (Å²) >= 11 is 0. The number of pyridine rings is 1. The fourth-order valence-corrected chi connectivity index (χ4v) is 1.15. The lowest BCUT2D eigenvalue weighted by atomic mass is 10.3. The monoisotopic (exact) mass is 202 g/mol. The van der Waals surface area contributed by atoms with Crippen LogP contribution in [0.25, 0.3) is 0 Å². The van der Waals surface area contributed by atoms with Gasteiger partial charge in [0.15, 0.2) is 0 Å². The highest BCUT2D eigenvalue weighted by Gasteiger charge is 1.93. The van der Waals surface area contributed by atoms with Gasteiger partial charge in [0.2, 0.25) is 0 Å². The van der Waals surface area contributed by atoms with Crippen molar-refractivity contribution < 1.29 is 0 Å². The second-order valence-electron chi connectivity index (χ2n) is 3.02. The molecule has 0 bridgehead atoms. The van der Waals surface area contributed by atoms with Crippen molar-refractivity contribution in [1.29, 1.82) is 0 Å². The van der Waals surface area contributed by atoms with Gasteiger partial charge in [0.25, 0.3) is 0 Å². The molecule has 0 spiro atoms. The Labute approximate surface area is 86.2 Å². The van der Waals surface area contributed by atoms with Crippen LogP contribution in [0.2, 0.25) is 0 Å². The molecule has 0 aliphatic heterocycles. The second kappa shape index (κ2) is 4.36. The van der Waals surface area contributed by atoms with Crippen LogP contribution in [0.5, 0.6) is 0 Å². The Morgan fingerprint density at radius 1 is 1.40 bits per heavy atom. The fraction of sp³-hybridized carbons (Fsp3) is 0.100. The van der Waals surface area contributed by atoms with Crippen LogP contribution in [-0.2, 0) is 6.54 Å². The summed E-state index contributed by atoms with van der Waals surface area (Å²) in [4.78, 5) is 20.8. The standard InChI is InChI=1S/C10H10N4O/c15-10-13-6-9(7-14-10)12-5-8-2-1-3-11-4-8/h1-4,6-7,12H,5H2,(H,13,14,15). The number of hydrogen-bond donors (Lipinski definition) is 2. The maximum absolute atomic E-state index is 10.7. The Morgan fingerprint density at radius 2 is 2.33 bits per heavy atom. The average Bonchev–Trinajstić information content (AvgIpc) is 2.30. The van der Waals surface area contributed by atoms with E-state index in [1.165, 1.54) is 6.20 Å². The molecule has 2 aromatic rings. The van der Waals surface area contributed by atoms with Gasteiger partial charge in [-0.2, -0.15) is 4.98 Å². The second-order valence-corrected chi connectivity index (χ2v) is 3.02. The predicted molar refractivity (Wildman–Crippen MR) is 56.4 cm³/mol. The molecule has 0 aliphatic rings. The molecule has 0 amide bonds. The molecule has 0 radical (unpaired) electrons. The smallest absolute Gasteiger partial charge is 0.345 e. The minimum Gasteiger partial charge on any atom is -0.378 e. The van der Waals surface area contributed by atoms with Gasteiger partial charge in [-0.1, -0.05) is 6.07 Å². The number of nitrogens with zero attached hydrogens (tertiary/aromatic N) is 2. The van der Waals surface area contributed by atoms with Crippen molar-refractivity contribution in [3.8, 4) is 0 Å². The maximum Gasteiger partial charge on any atom is 0.345 e. The zero-order valence-electron chi connectivity index (χ0n) is 7.97. The van der Waals surface area contributed by atoms with E-state index in [0.717, 1.165) is 11.3 Å². The number of H-pyrrole nitrogens is 1. The molecule has 76 valence electrons. The summed E-state index contributed by atoms with van der Waals surface area (Å²) in [6, 6.07) is 3.85. The van der Waals surface area contributed by atoms with Crippen molar-refractivity contribution in [3.63, 3.8) is 0 Å². The lowest BCUT2D eigenvalue weighted by Gasteiger charge is -2.04. The van der Waals surface area contributed by atoms with Crippen molar-refractivity contribution in [2.75, 3.05) is 5.32 Å². The van der Waals surface area contributed by atoms with Gasteiger partial charge in [-0.25, -0.2) is 4.79 Å². The molecule has 2 aromatic heterocycles. The fourth-order valence-electron chi connectivity index (χ4n) is 1.15. The third kappa shape index (κ3) is 2.63. The van der Waals surface area contributed by atoms with E-state index in [1.807, 2.05) is 12.1 Å². The average molecular weight is 202 g/mol. The number of aromatic nitrogens is 3. The zero-order chi connectivity index (χ0) is 10.5. The minimum atomic E-state index is -0.345. The molecule has 15 heavy (non-hydrogen) atoms. The Bertz CT molecular complexity index is 460. The molecular weight excluding hydrogens is 192 g/mol. The molecule has 0 aliphatic carbocycles.